The number of carbonyl (C=O) groups excluding carboxylic acids is 1. The number of halogens is 6. The summed E-state index contributed by atoms with van der Waals surface area (Å²) >= 11 is 5.65. The minimum Gasteiger partial charge on any atom is -0.385 e. The number of hydrogen-bond donors (Lipinski definition) is 1. The molecule has 2 aromatic rings. The summed E-state index contributed by atoms with van der Waals surface area (Å²) < 4.78 is 66.0. The van der Waals surface area contributed by atoms with Gasteiger partial charge in [-0.3, -0.25) is 4.79 Å². The van der Waals surface area contributed by atoms with Crippen LogP contribution < -0.4 is 0 Å². The first-order valence-corrected chi connectivity index (χ1v) is 10.2. The van der Waals surface area contributed by atoms with Crippen LogP contribution in [0.2, 0.25) is 5.02 Å². The van der Waals surface area contributed by atoms with E-state index in [1.54, 1.807) is 0 Å². The van der Waals surface area contributed by atoms with Crippen LogP contribution >= 0.6 is 11.6 Å². The molecule has 1 fully saturated rings. The number of rotatable bonds is 6. The summed E-state index contributed by atoms with van der Waals surface area (Å²) in [6.07, 6.45) is -3.64. The van der Waals surface area contributed by atoms with Crippen LogP contribution in [0.3, 0.4) is 0 Å². The summed E-state index contributed by atoms with van der Waals surface area (Å²) in [5, 5.41) is 10.5. The van der Waals surface area contributed by atoms with Crippen LogP contribution in [0.15, 0.2) is 36.4 Å². The van der Waals surface area contributed by atoms with Crippen molar-refractivity contribution in [3.8, 4) is 0 Å². The Morgan fingerprint density at radius 1 is 1.10 bits per heavy atom. The van der Waals surface area contributed by atoms with Gasteiger partial charge in [0.05, 0.1) is 21.8 Å². The fourth-order valence-corrected chi connectivity index (χ4v) is 4.01. The van der Waals surface area contributed by atoms with Gasteiger partial charge in [-0.05, 0) is 55.6 Å². The molecule has 1 heterocycles. The highest BCUT2D eigenvalue weighted by atomic mass is 35.5. The second-order valence-corrected chi connectivity index (χ2v) is 8.12. The molecule has 1 saturated heterocycles. The van der Waals surface area contributed by atoms with E-state index in [1.807, 2.05) is 4.90 Å². The number of alkyl halides is 3. The first-order valence-electron chi connectivity index (χ1n) is 9.80. The minimum atomic E-state index is -4.61. The topological polar surface area (TPSA) is 40.5 Å². The third-order valence-electron chi connectivity index (χ3n) is 5.60. The molecule has 31 heavy (non-hydrogen) atoms. The van der Waals surface area contributed by atoms with E-state index >= 15 is 0 Å². The smallest absolute Gasteiger partial charge is 0.385 e. The Labute approximate surface area is 181 Å². The molecule has 1 aliphatic heterocycles. The number of nitrogens with zero attached hydrogens (tertiary/aromatic N) is 1. The predicted molar refractivity (Wildman–Crippen MR) is 106 cm³/mol. The van der Waals surface area contributed by atoms with Crippen LogP contribution in [0.4, 0.5) is 22.0 Å². The molecule has 0 bridgehead atoms. The number of carbonyl (C=O) groups is 1. The monoisotopic (exact) mass is 461 g/mol. The van der Waals surface area contributed by atoms with Gasteiger partial charge in [0.15, 0.2) is 5.78 Å². The fourth-order valence-electron chi connectivity index (χ4n) is 3.78. The lowest BCUT2D eigenvalue weighted by Crippen LogP contribution is -2.43. The first kappa shape index (κ1) is 23.6. The standard InChI is InChI=1S/C22H21ClF5NO2/c23-18-6-3-14(12-17(18)22(26,27)28)21(31)7-10-29(11-8-21)9-1-2-20(30)16-5-4-15(24)13-19(16)25/h3-6,12-13,31H,1-2,7-11H2. The Balaban J connectivity index is 1.54. The van der Waals surface area contributed by atoms with Crippen molar-refractivity contribution >= 4 is 17.4 Å². The molecule has 9 heteroatoms. The number of piperidine rings is 1. The molecule has 3 rings (SSSR count). The summed E-state index contributed by atoms with van der Waals surface area (Å²) in [7, 11) is 0. The third-order valence-corrected chi connectivity index (χ3v) is 5.93. The van der Waals surface area contributed by atoms with Crippen molar-refractivity contribution in [3.05, 3.63) is 69.7 Å². The Bertz CT molecular complexity index is 955. The number of aliphatic hydroxyl groups is 1. The van der Waals surface area contributed by atoms with Crippen LogP contribution in [0, 0.1) is 11.6 Å². The molecule has 0 radical (unpaired) electrons. The molecular weight excluding hydrogens is 441 g/mol. The largest absolute Gasteiger partial charge is 0.417 e. The molecule has 168 valence electrons. The van der Waals surface area contributed by atoms with Crippen molar-refractivity contribution in [2.75, 3.05) is 19.6 Å². The van der Waals surface area contributed by atoms with Gasteiger partial charge in [-0.2, -0.15) is 13.2 Å². The second-order valence-electron chi connectivity index (χ2n) is 7.72. The van der Waals surface area contributed by atoms with Gasteiger partial charge in [0.2, 0.25) is 0 Å². The van der Waals surface area contributed by atoms with Crippen molar-refractivity contribution in [1.82, 2.24) is 4.90 Å². The maximum Gasteiger partial charge on any atom is 0.417 e. The molecule has 1 N–H and O–H groups in total. The van der Waals surface area contributed by atoms with Crippen LogP contribution in [0.1, 0.15) is 47.2 Å². The quantitative estimate of drug-likeness (QED) is 0.451. The summed E-state index contributed by atoms with van der Waals surface area (Å²) in [4.78, 5) is 14.1. The number of likely N-dealkylation sites (tertiary alicyclic amines) is 1. The molecule has 0 unspecified atom stereocenters. The van der Waals surface area contributed by atoms with E-state index in [2.05, 4.69) is 0 Å². The van der Waals surface area contributed by atoms with Gasteiger partial charge in [-0.1, -0.05) is 17.7 Å². The van der Waals surface area contributed by atoms with Gasteiger partial charge in [0, 0.05) is 25.6 Å². The van der Waals surface area contributed by atoms with Gasteiger partial charge in [-0.15, -0.1) is 0 Å². The first-order chi connectivity index (χ1) is 14.5. The lowest BCUT2D eigenvalue weighted by atomic mass is 9.83. The Kier molecular flexibility index (Phi) is 7.03. The molecule has 0 aromatic heterocycles. The number of benzene rings is 2. The highest BCUT2D eigenvalue weighted by molar-refractivity contribution is 6.31. The van der Waals surface area contributed by atoms with Gasteiger partial charge in [-0.25, -0.2) is 8.78 Å². The zero-order valence-corrected chi connectivity index (χ0v) is 17.2. The van der Waals surface area contributed by atoms with Crippen molar-refractivity contribution in [3.63, 3.8) is 0 Å². The van der Waals surface area contributed by atoms with Crippen LogP contribution in [0.5, 0.6) is 0 Å². The van der Waals surface area contributed by atoms with E-state index in [0.29, 0.717) is 32.1 Å². The molecule has 0 atom stereocenters. The van der Waals surface area contributed by atoms with E-state index in [4.69, 9.17) is 11.6 Å². The molecule has 1 aliphatic rings. The molecule has 0 amide bonds. The number of ketones is 1. The SMILES string of the molecule is O=C(CCCN1CCC(O)(c2ccc(Cl)c(C(F)(F)F)c2)CC1)c1ccc(F)cc1F. The zero-order chi connectivity index (χ0) is 22.8. The normalized spacial score (nSPS) is 17.0. The summed E-state index contributed by atoms with van der Waals surface area (Å²) in [6.45, 7) is 1.37. The Morgan fingerprint density at radius 2 is 1.77 bits per heavy atom. The number of Topliss-reactive ketones (excluding diaryl/α,β-unsaturated/α-hetero) is 1. The summed E-state index contributed by atoms with van der Waals surface area (Å²) in [5.74, 6) is -2.07. The molecule has 0 spiro atoms. The second kappa shape index (κ2) is 9.22. The van der Waals surface area contributed by atoms with E-state index in [0.717, 1.165) is 24.3 Å². The summed E-state index contributed by atoms with van der Waals surface area (Å²) in [6, 6.07) is 6.26. The van der Waals surface area contributed by atoms with Gasteiger partial charge < -0.3 is 10.0 Å². The highest BCUT2D eigenvalue weighted by Gasteiger charge is 2.38. The molecule has 2 aromatic carbocycles. The molecular formula is C22H21ClF5NO2. The van der Waals surface area contributed by atoms with E-state index < -0.39 is 39.8 Å². The van der Waals surface area contributed by atoms with Crippen LogP contribution in [-0.2, 0) is 11.8 Å². The maximum atomic E-state index is 13.7. The van der Waals surface area contributed by atoms with Crippen molar-refractivity contribution in [2.24, 2.45) is 0 Å². The van der Waals surface area contributed by atoms with Crippen LogP contribution in [0.25, 0.3) is 0 Å². The average molecular weight is 462 g/mol. The van der Waals surface area contributed by atoms with Crippen LogP contribution in [-0.4, -0.2) is 35.4 Å². The van der Waals surface area contributed by atoms with Crippen molar-refractivity contribution < 1.29 is 31.9 Å². The van der Waals surface area contributed by atoms with E-state index in [1.165, 1.54) is 6.07 Å². The highest BCUT2D eigenvalue weighted by Crippen LogP contribution is 2.39. The Morgan fingerprint density at radius 3 is 2.39 bits per heavy atom. The van der Waals surface area contributed by atoms with Gasteiger partial charge in [0.1, 0.15) is 11.6 Å². The van der Waals surface area contributed by atoms with Crippen molar-refractivity contribution in [1.29, 1.82) is 0 Å². The van der Waals surface area contributed by atoms with E-state index in [9.17, 15) is 31.9 Å². The zero-order valence-electron chi connectivity index (χ0n) is 16.5. The third kappa shape index (κ3) is 5.61. The Hall–Kier alpha value is -2.03. The molecule has 0 aliphatic carbocycles. The molecule has 3 nitrogen and oxygen atoms in total. The summed E-state index contributed by atoms with van der Waals surface area (Å²) in [5.41, 5.74) is -2.36. The molecule has 0 saturated carbocycles. The minimum absolute atomic E-state index is 0.0788. The fraction of sp³-hybridized carbons (Fsp3) is 0.409. The van der Waals surface area contributed by atoms with Crippen molar-refractivity contribution in [2.45, 2.75) is 37.5 Å². The maximum absolute atomic E-state index is 13.7. The lowest BCUT2D eigenvalue weighted by molar-refractivity contribution is -0.137. The number of hydrogen-bond acceptors (Lipinski definition) is 3. The predicted octanol–water partition coefficient (Wildman–Crippen LogP) is 5.58. The van der Waals surface area contributed by atoms with Gasteiger partial charge in [0.25, 0.3) is 0 Å². The van der Waals surface area contributed by atoms with Gasteiger partial charge >= 0.3 is 6.18 Å². The lowest BCUT2D eigenvalue weighted by Gasteiger charge is -2.38. The van der Waals surface area contributed by atoms with E-state index in [-0.39, 0.29) is 30.4 Å². The average Bonchev–Trinajstić information content (AvgIpc) is 2.69.